The molecule has 146 valence electrons. The van der Waals surface area contributed by atoms with E-state index in [2.05, 4.69) is 14.3 Å². The van der Waals surface area contributed by atoms with E-state index >= 15 is 0 Å². The standard InChI is InChI=1S/C17H18N6O4S/c1-9-4-12(22-5-10(6-22)27-21(2)3)20-15-13(9)14(24)11(16(25)26)7-23(15)17-18-8-19-28-17/h4,7-8,10H,5-6H2,1-3H3,(H,25,26). The first-order valence-corrected chi connectivity index (χ1v) is 9.29. The number of pyridine rings is 2. The van der Waals surface area contributed by atoms with Crippen LogP contribution in [-0.2, 0) is 4.84 Å². The monoisotopic (exact) mass is 402 g/mol. The highest BCUT2D eigenvalue weighted by molar-refractivity contribution is 7.08. The Morgan fingerprint density at radius 1 is 1.39 bits per heavy atom. The Balaban J connectivity index is 1.85. The number of carboxylic acids is 1. The van der Waals surface area contributed by atoms with Gasteiger partial charge in [-0.2, -0.15) is 9.44 Å². The summed E-state index contributed by atoms with van der Waals surface area (Å²) >= 11 is 1.09. The average molecular weight is 402 g/mol. The molecule has 0 aromatic carbocycles. The van der Waals surface area contributed by atoms with Crippen LogP contribution in [0.5, 0.6) is 0 Å². The maximum atomic E-state index is 12.7. The lowest BCUT2D eigenvalue weighted by molar-refractivity contribution is -0.170. The van der Waals surface area contributed by atoms with E-state index < -0.39 is 11.4 Å². The van der Waals surface area contributed by atoms with Crippen molar-refractivity contribution >= 4 is 34.4 Å². The number of carboxylic acid groups (broad SMARTS) is 1. The lowest BCUT2D eigenvalue weighted by Gasteiger charge is -2.40. The zero-order chi connectivity index (χ0) is 20.0. The van der Waals surface area contributed by atoms with Gasteiger partial charge in [-0.05, 0) is 18.6 Å². The summed E-state index contributed by atoms with van der Waals surface area (Å²) in [4.78, 5) is 40.8. The summed E-state index contributed by atoms with van der Waals surface area (Å²) in [6.07, 6.45) is 2.71. The van der Waals surface area contributed by atoms with E-state index in [1.54, 1.807) is 18.1 Å². The first-order chi connectivity index (χ1) is 13.3. The molecule has 0 saturated carbocycles. The van der Waals surface area contributed by atoms with Crippen LogP contribution in [0.15, 0.2) is 23.4 Å². The Morgan fingerprint density at radius 3 is 2.75 bits per heavy atom. The van der Waals surface area contributed by atoms with E-state index in [0.717, 1.165) is 11.5 Å². The Kier molecular flexibility index (Phi) is 4.57. The van der Waals surface area contributed by atoms with Crippen LogP contribution >= 0.6 is 11.5 Å². The third-order valence-corrected chi connectivity index (χ3v) is 5.13. The summed E-state index contributed by atoms with van der Waals surface area (Å²) in [6, 6.07) is 1.80. The summed E-state index contributed by atoms with van der Waals surface area (Å²) in [7, 11) is 3.67. The summed E-state index contributed by atoms with van der Waals surface area (Å²) < 4.78 is 5.49. The fourth-order valence-corrected chi connectivity index (χ4v) is 3.71. The first-order valence-electron chi connectivity index (χ1n) is 8.51. The van der Waals surface area contributed by atoms with Gasteiger partial charge in [-0.3, -0.25) is 14.2 Å². The van der Waals surface area contributed by atoms with Gasteiger partial charge in [0, 0.05) is 44.9 Å². The van der Waals surface area contributed by atoms with Crippen LogP contribution in [0.4, 0.5) is 5.82 Å². The zero-order valence-electron chi connectivity index (χ0n) is 15.5. The lowest BCUT2D eigenvalue weighted by atomic mass is 10.1. The highest BCUT2D eigenvalue weighted by Gasteiger charge is 2.30. The topological polar surface area (TPSA) is 114 Å². The van der Waals surface area contributed by atoms with Crippen molar-refractivity contribution in [1.82, 2.24) is 24.0 Å². The van der Waals surface area contributed by atoms with Crippen molar-refractivity contribution in [3.05, 3.63) is 39.9 Å². The van der Waals surface area contributed by atoms with E-state index in [9.17, 15) is 14.7 Å². The van der Waals surface area contributed by atoms with Gasteiger partial charge in [0.1, 0.15) is 23.8 Å². The molecule has 0 bridgehead atoms. The number of rotatable bonds is 5. The molecule has 1 saturated heterocycles. The number of aromatic carboxylic acids is 1. The molecule has 0 spiro atoms. The van der Waals surface area contributed by atoms with Crippen molar-refractivity contribution in [3.63, 3.8) is 0 Å². The molecular weight excluding hydrogens is 384 g/mol. The van der Waals surface area contributed by atoms with Crippen molar-refractivity contribution in [2.45, 2.75) is 13.0 Å². The smallest absolute Gasteiger partial charge is 0.341 e. The minimum absolute atomic E-state index is 0.0764. The molecule has 0 unspecified atom stereocenters. The molecule has 1 aliphatic heterocycles. The second-order valence-corrected chi connectivity index (χ2v) is 7.47. The lowest BCUT2D eigenvalue weighted by Crippen LogP contribution is -2.54. The molecule has 3 aromatic rings. The van der Waals surface area contributed by atoms with E-state index in [-0.39, 0.29) is 17.1 Å². The van der Waals surface area contributed by atoms with Crippen molar-refractivity contribution in [2.24, 2.45) is 0 Å². The summed E-state index contributed by atoms with van der Waals surface area (Å²) in [5.41, 5.74) is 0.128. The van der Waals surface area contributed by atoms with Crippen LogP contribution in [0.1, 0.15) is 15.9 Å². The maximum absolute atomic E-state index is 12.7. The van der Waals surface area contributed by atoms with Crippen molar-refractivity contribution in [3.8, 4) is 5.13 Å². The molecule has 0 atom stereocenters. The number of carbonyl (C=O) groups is 1. The number of anilines is 1. The van der Waals surface area contributed by atoms with Gasteiger partial charge in [0.25, 0.3) is 0 Å². The van der Waals surface area contributed by atoms with Crippen molar-refractivity contribution < 1.29 is 14.7 Å². The molecular formula is C17H18N6O4S. The molecule has 28 heavy (non-hydrogen) atoms. The van der Waals surface area contributed by atoms with E-state index in [1.807, 2.05) is 19.0 Å². The van der Waals surface area contributed by atoms with Gasteiger partial charge in [0.2, 0.25) is 10.6 Å². The predicted molar refractivity (Wildman–Crippen MR) is 103 cm³/mol. The molecule has 0 aliphatic carbocycles. The minimum atomic E-state index is -1.29. The molecule has 10 nitrogen and oxygen atoms in total. The van der Waals surface area contributed by atoms with Crippen LogP contribution < -0.4 is 10.3 Å². The molecule has 1 aliphatic rings. The number of aromatic nitrogens is 4. The van der Waals surface area contributed by atoms with Gasteiger partial charge < -0.3 is 10.0 Å². The molecule has 4 heterocycles. The Labute approximate surface area is 163 Å². The number of nitrogens with zero attached hydrogens (tertiary/aromatic N) is 6. The predicted octanol–water partition coefficient (Wildman–Crippen LogP) is 0.926. The molecule has 3 aromatic heterocycles. The van der Waals surface area contributed by atoms with E-state index in [4.69, 9.17) is 4.84 Å². The quantitative estimate of drug-likeness (QED) is 0.622. The number of hydrogen-bond donors (Lipinski definition) is 1. The number of aryl methyl sites for hydroxylation is 1. The third kappa shape index (κ3) is 3.13. The Hall–Kier alpha value is -2.89. The molecule has 11 heteroatoms. The minimum Gasteiger partial charge on any atom is -0.477 e. The fourth-order valence-electron chi connectivity index (χ4n) is 3.20. The van der Waals surface area contributed by atoms with Gasteiger partial charge in [-0.1, -0.05) is 0 Å². The van der Waals surface area contributed by atoms with Gasteiger partial charge in [0.15, 0.2) is 5.65 Å². The molecule has 1 fully saturated rings. The van der Waals surface area contributed by atoms with Gasteiger partial charge in [-0.25, -0.2) is 14.8 Å². The van der Waals surface area contributed by atoms with Crippen molar-refractivity contribution in [1.29, 1.82) is 0 Å². The number of hydrogen-bond acceptors (Lipinski definition) is 9. The van der Waals surface area contributed by atoms with Gasteiger partial charge in [0.05, 0.1) is 5.39 Å². The van der Waals surface area contributed by atoms with Crippen LogP contribution in [0.25, 0.3) is 16.2 Å². The third-order valence-electron chi connectivity index (χ3n) is 4.46. The fraction of sp³-hybridized carbons (Fsp3) is 0.353. The van der Waals surface area contributed by atoms with Crippen LogP contribution in [0.3, 0.4) is 0 Å². The van der Waals surface area contributed by atoms with Gasteiger partial charge in [-0.15, -0.1) is 0 Å². The first kappa shape index (κ1) is 18.5. The summed E-state index contributed by atoms with van der Waals surface area (Å²) in [6.45, 7) is 3.12. The summed E-state index contributed by atoms with van der Waals surface area (Å²) in [5, 5.41) is 11.8. The number of hydroxylamine groups is 2. The van der Waals surface area contributed by atoms with E-state index in [0.29, 0.717) is 35.2 Å². The second kappa shape index (κ2) is 6.93. The SMILES string of the molecule is Cc1cc(N2CC(ON(C)C)C2)nc2c1c(=O)c(C(=O)O)cn2-c1ncns1. The van der Waals surface area contributed by atoms with Crippen molar-refractivity contribution in [2.75, 3.05) is 32.1 Å². The van der Waals surface area contributed by atoms with Crippen LogP contribution in [0, 0.1) is 6.92 Å². The van der Waals surface area contributed by atoms with Gasteiger partial charge >= 0.3 is 5.97 Å². The van der Waals surface area contributed by atoms with Crippen LogP contribution in [0.2, 0.25) is 0 Å². The van der Waals surface area contributed by atoms with Crippen LogP contribution in [-0.4, -0.2) is 68.3 Å². The molecule has 0 radical (unpaired) electrons. The highest BCUT2D eigenvalue weighted by atomic mass is 32.1. The Bertz CT molecular complexity index is 1110. The second-order valence-electron chi connectivity index (χ2n) is 6.71. The molecule has 0 amide bonds. The Morgan fingerprint density at radius 2 is 2.14 bits per heavy atom. The van der Waals surface area contributed by atoms with E-state index in [1.165, 1.54) is 17.1 Å². The normalized spacial score (nSPS) is 14.6. The maximum Gasteiger partial charge on any atom is 0.341 e. The number of fused-ring (bicyclic) bond motifs is 1. The largest absolute Gasteiger partial charge is 0.477 e. The highest BCUT2D eigenvalue weighted by Crippen LogP contribution is 2.27. The summed E-state index contributed by atoms with van der Waals surface area (Å²) in [5.74, 6) is -0.593. The zero-order valence-corrected chi connectivity index (χ0v) is 16.3. The average Bonchev–Trinajstić information content (AvgIpc) is 3.11. The molecule has 1 N–H and O–H groups in total. The molecule has 4 rings (SSSR count).